The molecule has 1 atom stereocenters. The summed E-state index contributed by atoms with van der Waals surface area (Å²) in [5.41, 5.74) is 0. The SMILES string of the molecule is CCCN1CCC(NC(C)Cn2ccnc2)CC1. The fraction of sp³-hybridized carbons (Fsp3) is 0.786. The summed E-state index contributed by atoms with van der Waals surface area (Å²) in [5, 5.41) is 3.74. The van der Waals surface area contributed by atoms with E-state index in [1.807, 2.05) is 18.7 Å². The van der Waals surface area contributed by atoms with E-state index in [1.165, 1.54) is 38.9 Å². The van der Waals surface area contributed by atoms with E-state index >= 15 is 0 Å². The second kappa shape index (κ2) is 6.90. The number of rotatable bonds is 6. The minimum Gasteiger partial charge on any atom is -0.336 e. The van der Waals surface area contributed by atoms with Crippen LogP contribution >= 0.6 is 0 Å². The Balaban J connectivity index is 1.68. The molecule has 102 valence electrons. The Labute approximate surface area is 110 Å². The summed E-state index contributed by atoms with van der Waals surface area (Å²) in [6, 6.07) is 1.21. The molecule has 0 bridgehead atoms. The van der Waals surface area contributed by atoms with Gasteiger partial charge in [0.2, 0.25) is 0 Å². The molecule has 2 rings (SSSR count). The minimum atomic E-state index is 0.516. The van der Waals surface area contributed by atoms with Crippen LogP contribution in [-0.2, 0) is 6.54 Å². The highest BCUT2D eigenvalue weighted by Crippen LogP contribution is 2.11. The van der Waals surface area contributed by atoms with E-state index in [0.29, 0.717) is 12.1 Å². The average Bonchev–Trinajstić information content (AvgIpc) is 2.84. The first-order chi connectivity index (χ1) is 8.78. The van der Waals surface area contributed by atoms with Crippen molar-refractivity contribution in [2.24, 2.45) is 0 Å². The lowest BCUT2D eigenvalue weighted by Gasteiger charge is -2.33. The maximum atomic E-state index is 4.08. The van der Waals surface area contributed by atoms with Gasteiger partial charge in [-0.3, -0.25) is 0 Å². The zero-order valence-corrected chi connectivity index (χ0v) is 11.7. The Kier molecular flexibility index (Phi) is 5.20. The molecule has 4 heteroatoms. The molecule has 0 spiro atoms. The Morgan fingerprint density at radius 2 is 2.17 bits per heavy atom. The van der Waals surface area contributed by atoms with Crippen LogP contribution in [0.5, 0.6) is 0 Å². The van der Waals surface area contributed by atoms with Crippen LogP contribution in [0.15, 0.2) is 18.7 Å². The van der Waals surface area contributed by atoms with Gasteiger partial charge >= 0.3 is 0 Å². The van der Waals surface area contributed by atoms with E-state index in [9.17, 15) is 0 Å². The molecule has 1 aromatic heterocycles. The van der Waals surface area contributed by atoms with Crippen LogP contribution in [0.2, 0.25) is 0 Å². The summed E-state index contributed by atoms with van der Waals surface area (Å²) >= 11 is 0. The van der Waals surface area contributed by atoms with Gasteiger partial charge in [0.1, 0.15) is 0 Å². The van der Waals surface area contributed by atoms with Gasteiger partial charge in [-0.15, -0.1) is 0 Å². The van der Waals surface area contributed by atoms with Gasteiger partial charge in [0, 0.05) is 31.0 Å². The molecule has 0 saturated carbocycles. The number of imidazole rings is 1. The highest BCUT2D eigenvalue weighted by Gasteiger charge is 2.19. The third-order valence-electron chi connectivity index (χ3n) is 3.69. The molecule has 1 aliphatic rings. The Morgan fingerprint density at radius 1 is 1.39 bits per heavy atom. The standard InChI is InChI=1S/C14H26N4/c1-3-7-17-8-4-14(5-9-17)16-13(2)11-18-10-6-15-12-18/h6,10,12-14,16H,3-5,7-9,11H2,1-2H3. The second-order valence-corrected chi connectivity index (χ2v) is 5.44. The van der Waals surface area contributed by atoms with Crippen molar-refractivity contribution in [1.82, 2.24) is 19.8 Å². The normalized spacial score (nSPS) is 20.1. The van der Waals surface area contributed by atoms with Crippen LogP contribution in [0.25, 0.3) is 0 Å². The topological polar surface area (TPSA) is 33.1 Å². The maximum absolute atomic E-state index is 4.08. The van der Waals surface area contributed by atoms with E-state index < -0.39 is 0 Å². The summed E-state index contributed by atoms with van der Waals surface area (Å²) in [5.74, 6) is 0. The van der Waals surface area contributed by atoms with Gasteiger partial charge in [0.05, 0.1) is 6.33 Å². The molecule has 0 aromatic carbocycles. The molecular weight excluding hydrogens is 224 g/mol. The molecule has 1 aromatic rings. The zero-order chi connectivity index (χ0) is 12.8. The molecule has 0 radical (unpaired) electrons. The van der Waals surface area contributed by atoms with Crippen molar-refractivity contribution in [3.8, 4) is 0 Å². The van der Waals surface area contributed by atoms with Gasteiger partial charge in [-0.2, -0.15) is 0 Å². The fourth-order valence-electron chi connectivity index (χ4n) is 2.81. The van der Waals surface area contributed by atoms with E-state index in [1.54, 1.807) is 0 Å². The van der Waals surface area contributed by atoms with Crippen molar-refractivity contribution < 1.29 is 0 Å². The molecular formula is C14H26N4. The molecule has 1 fully saturated rings. The van der Waals surface area contributed by atoms with Gasteiger partial charge < -0.3 is 14.8 Å². The van der Waals surface area contributed by atoms with Crippen molar-refractivity contribution in [3.05, 3.63) is 18.7 Å². The molecule has 4 nitrogen and oxygen atoms in total. The fourth-order valence-corrected chi connectivity index (χ4v) is 2.81. The average molecular weight is 250 g/mol. The van der Waals surface area contributed by atoms with Crippen molar-refractivity contribution in [2.75, 3.05) is 19.6 Å². The monoisotopic (exact) mass is 250 g/mol. The van der Waals surface area contributed by atoms with Gasteiger partial charge in [0.15, 0.2) is 0 Å². The van der Waals surface area contributed by atoms with Gasteiger partial charge in [-0.25, -0.2) is 4.98 Å². The molecule has 0 amide bonds. The van der Waals surface area contributed by atoms with Crippen molar-refractivity contribution in [1.29, 1.82) is 0 Å². The highest BCUT2D eigenvalue weighted by molar-refractivity contribution is 4.81. The first-order valence-electron chi connectivity index (χ1n) is 7.22. The van der Waals surface area contributed by atoms with E-state index in [0.717, 1.165) is 6.54 Å². The van der Waals surface area contributed by atoms with Crippen LogP contribution in [0.1, 0.15) is 33.1 Å². The molecule has 0 aliphatic carbocycles. The predicted octanol–water partition coefficient (Wildman–Crippen LogP) is 1.74. The first-order valence-corrected chi connectivity index (χ1v) is 7.22. The quantitative estimate of drug-likeness (QED) is 0.835. The van der Waals surface area contributed by atoms with Crippen LogP contribution in [0.4, 0.5) is 0 Å². The Morgan fingerprint density at radius 3 is 2.78 bits per heavy atom. The van der Waals surface area contributed by atoms with E-state index in [4.69, 9.17) is 0 Å². The molecule has 1 saturated heterocycles. The highest BCUT2D eigenvalue weighted by atomic mass is 15.1. The summed E-state index contributed by atoms with van der Waals surface area (Å²) in [4.78, 5) is 6.66. The number of hydrogen-bond donors (Lipinski definition) is 1. The lowest BCUT2D eigenvalue weighted by molar-refractivity contribution is 0.190. The molecule has 18 heavy (non-hydrogen) atoms. The van der Waals surface area contributed by atoms with Crippen LogP contribution in [0.3, 0.4) is 0 Å². The first kappa shape index (κ1) is 13.6. The van der Waals surface area contributed by atoms with Gasteiger partial charge in [0.25, 0.3) is 0 Å². The van der Waals surface area contributed by atoms with Crippen LogP contribution in [-0.4, -0.2) is 46.2 Å². The minimum absolute atomic E-state index is 0.516. The zero-order valence-electron chi connectivity index (χ0n) is 11.7. The largest absolute Gasteiger partial charge is 0.336 e. The van der Waals surface area contributed by atoms with Crippen molar-refractivity contribution in [3.63, 3.8) is 0 Å². The lowest BCUT2D eigenvalue weighted by Crippen LogP contribution is -2.46. The van der Waals surface area contributed by atoms with Gasteiger partial charge in [-0.05, 0) is 45.8 Å². The summed E-state index contributed by atoms with van der Waals surface area (Å²) in [7, 11) is 0. The van der Waals surface area contributed by atoms with E-state index in [-0.39, 0.29) is 0 Å². The number of hydrogen-bond acceptors (Lipinski definition) is 3. The molecule has 1 unspecified atom stereocenters. The van der Waals surface area contributed by atoms with Crippen molar-refractivity contribution >= 4 is 0 Å². The Bertz CT molecular complexity index is 315. The summed E-state index contributed by atoms with van der Waals surface area (Å²) in [6.07, 6.45) is 9.61. The maximum Gasteiger partial charge on any atom is 0.0946 e. The lowest BCUT2D eigenvalue weighted by atomic mass is 10.0. The number of likely N-dealkylation sites (tertiary alicyclic amines) is 1. The Hall–Kier alpha value is -0.870. The van der Waals surface area contributed by atoms with Crippen LogP contribution < -0.4 is 5.32 Å². The molecule has 2 heterocycles. The van der Waals surface area contributed by atoms with Gasteiger partial charge in [-0.1, -0.05) is 6.92 Å². The third-order valence-corrected chi connectivity index (χ3v) is 3.69. The molecule has 1 N–H and O–H groups in total. The number of aromatic nitrogens is 2. The van der Waals surface area contributed by atoms with Crippen LogP contribution in [0, 0.1) is 0 Å². The molecule has 1 aliphatic heterocycles. The number of nitrogens with zero attached hydrogens (tertiary/aromatic N) is 3. The summed E-state index contributed by atoms with van der Waals surface area (Å²) in [6.45, 7) is 9.30. The summed E-state index contributed by atoms with van der Waals surface area (Å²) < 4.78 is 2.14. The predicted molar refractivity (Wildman–Crippen MR) is 74.6 cm³/mol. The number of nitrogens with one attached hydrogen (secondary N) is 1. The van der Waals surface area contributed by atoms with E-state index in [2.05, 4.69) is 33.6 Å². The number of piperidine rings is 1. The second-order valence-electron chi connectivity index (χ2n) is 5.44. The smallest absolute Gasteiger partial charge is 0.0946 e. The van der Waals surface area contributed by atoms with Crippen molar-refractivity contribution in [2.45, 2.75) is 51.7 Å². The third kappa shape index (κ3) is 4.10.